The third kappa shape index (κ3) is 2.51. The zero-order valence-corrected chi connectivity index (χ0v) is 10.8. The first kappa shape index (κ1) is 13.4. The molecule has 0 bridgehead atoms. The fourth-order valence-electron chi connectivity index (χ4n) is 2.02. The zero-order chi connectivity index (χ0) is 12.3. The van der Waals surface area contributed by atoms with E-state index in [0.717, 1.165) is 12.8 Å². The minimum Gasteiger partial charge on any atom is -0.480 e. The number of hydrogen-bond donors (Lipinski definition) is 1. The average Bonchev–Trinajstić information content (AvgIpc) is 2.61. The normalized spacial score (nSPS) is 25.1. The molecule has 0 aliphatic carbocycles. The van der Waals surface area contributed by atoms with Crippen LogP contribution in [0.5, 0.6) is 0 Å². The number of thioether (sulfide) groups is 1. The van der Waals surface area contributed by atoms with Crippen molar-refractivity contribution in [3.05, 3.63) is 0 Å². The molecule has 1 fully saturated rings. The van der Waals surface area contributed by atoms with Crippen LogP contribution in [-0.2, 0) is 9.59 Å². The van der Waals surface area contributed by atoms with Crippen molar-refractivity contribution in [1.29, 1.82) is 0 Å². The zero-order valence-electron chi connectivity index (χ0n) is 9.97. The van der Waals surface area contributed by atoms with E-state index in [4.69, 9.17) is 5.11 Å². The first-order valence-electron chi connectivity index (χ1n) is 5.69. The lowest BCUT2D eigenvalue weighted by Gasteiger charge is -2.28. The average molecular weight is 245 g/mol. The summed E-state index contributed by atoms with van der Waals surface area (Å²) in [6.07, 6.45) is 1.55. The minimum absolute atomic E-state index is 0.00472. The van der Waals surface area contributed by atoms with Crippen molar-refractivity contribution in [1.82, 2.24) is 4.90 Å². The molecule has 1 aliphatic rings. The van der Waals surface area contributed by atoms with Gasteiger partial charge in [0.05, 0.1) is 5.37 Å². The Morgan fingerprint density at radius 1 is 1.44 bits per heavy atom. The maximum atomic E-state index is 12.2. The molecule has 0 aromatic carbocycles. The molecular formula is C11H19NO3S. The van der Waals surface area contributed by atoms with E-state index in [2.05, 4.69) is 0 Å². The van der Waals surface area contributed by atoms with Crippen molar-refractivity contribution in [2.75, 3.05) is 5.75 Å². The van der Waals surface area contributed by atoms with Gasteiger partial charge >= 0.3 is 5.97 Å². The number of amides is 1. The molecule has 1 saturated heterocycles. The molecule has 5 heteroatoms. The van der Waals surface area contributed by atoms with Crippen LogP contribution in [0.4, 0.5) is 0 Å². The number of rotatable bonds is 4. The smallest absolute Gasteiger partial charge is 0.327 e. The standard InChI is InChI=1S/C11H19NO3S/c1-4-8(5-2)10(13)12-7(3)16-6-9(12)11(14)15/h7-9H,4-6H2,1-3H3,(H,14,15). The highest BCUT2D eigenvalue weighted by atomic mass is 32.2. The van der Waals surface area contributed by atoms with Crippen molar-refractivity contribution in [2.24, 2.45) is 5.92 Å². The molecule has 1 heterocycles. The van der Waals surface area contributed by atoms with Gasteiger partial charge in [0.15, 0.2) is 0 Å². The lowest BCUT2D eigenvalue weighted by atomic mass is 10.0. The SMILES string of the molecule is CCC(CC)C(=O)N1C(C)SCC1C(=O)O. The van der Waals surface area contributed by atoms with Crippen molar-refractivity contribution < 1.29 is 14.7 Å². The van der Waals surface area contributed by atoms with E-state index in [9.17, 15) is 9.59 Å². The van der Waals surface area contributed by atoms with E-state index in [-0.39, 0.29) is 17.2 Å². The quantitative estimate of drug-likeness (QED) is 0.820. The Labute approximate surface area is 100 Å². The van der Waals surface area contributed by atoms with Crippen LogP contribution >= 0.6 is 11.8 Å². The van der Waals surface area contributed by atoms with Gasteiger partial charge in [-0.3, -0.25) is 4.79 Å². The molecule has 16 heavy (non-hydrogen) atoms. The Bertz CT molecular complexity index is 278. The molecule has 92 valence electrons. The minimum atomic E-state index is -0.892. The Balaban J connectivity index is 2.82. The van der Waals surface area contributed by atoms with Crippen LogP contribution in [0.1, 0.15) is 33.6 Å². The van der Waals surface area contributed by atoms with E-state index in [0.29, 0.717) is 5.75 Å². The first-order chi connectivity index (χ1) is 7.52. The van der Waals surface area contributed by atoms with Gasteiger partial charge in [-0.2, -0.15) is 0 Å². The molecule has 4 nitrogen and oxygen atoms in total. The highest BCUT2D eigenvalue weighted by Gasteiger charge is 2.40. The molecule has 2 atom stereocenters. The number of hydrogen-bond acceptors (Lipinski definition) is 3. The fraction of sp³-hybridized carbons (Fsp3) is 0.818. The van der Waals surface area contributed by atoms with E-state index >= 15 is 0 Å². The summed E-state index contributed by atoms with van der Waals surface area (Å²) in [5, 5.41) is 9.05. The molecule has 0 aromatic rings. The largest absolute Gasteiger partial charge is 0.480 e. The van der Waals surface area contributed by atoms with E-state index in [1.807, 2.05) is 20.8 Å². The number of carbonyl (C=O) groups is 2. The predicted molar refractivity (Wildman–Crippen MR) is 64.3 cm³/mol. The molecule has 0 saturated carbocycles. The number of aliphatic carboxylic acids is 1. The van der Waals surface area contributed by atoms with Crippen molar-refractivity contribution in [3.63, 3.8) is 0 Å². The van der Waals surface area contributed by atoms with E-state index in [1.165, 1.54) is 11.8 Å². The third-order valence-corrected chi connectivity index (χ3v) is 4.31. The topological polar surface area (TPSA) is 57.6 Å². The highest BCUT2D eigenvalue weighted by Crippen LogP contribution is 2.31. The van der Waals surface area contributed by atoms with Crippen molar-refractivity contribution in [3.8, 4) is 0 Å². The lowest BCUT2D eigenvalue weighted by Crippen LogP contribution is -2.47. The van der Waals surface area contributed by atoms with Gasteiger partial charge in [0.1, 0.15) is 6.04 Å². The second-order valence-corrected chi connectivity index (χ2v) is 5.39. The summed E-state index contributed by atoms with van der Waals surface area (Å²) < 4.78 is 0. The summed E-state index contributed by atoms with van der Waals surface area (Å²) in [7, 11) is 0. The molecule has 1 N–H and O–H groups in total. The van der Waals surface area contributed by atoms with Crippen LogP contribution < -0.4 is 0 Å². The molecule has 0 spiro atoms. The summed E-state index contributed by atoms with van der Waals surface area (Å²) >= 11 is 1.53. The monoisotopic (exact) mass is 245 g/mol. The summed E-state index contributed by atoms with van der Waals surface area (Å²) in [6, 6.07) is -0.645. The maximum Gasteiger partial charge on any atom is 0.327 e. The number of carboxylic acid groups (broad SMARTS) is 1. The molecule has 0 aromatic heterocycles. The van der Waals surface area contributed by atoms with Gasteiger partial charge in [-0.05, 0) is 19.8 Å². The summed E-state index contributed by atoms with van der Waals surface area (Å²) in [6.45, 7) is 5.83. The molecule has 0 radical (unpaired) electrons. The lowest BCUT2D eigenvalue weighted by molar-refractivity contribution is -0.150. The van der Waals surface area contributed by atoms with Gasteiger partial charge in [-0.15, -0.1) is 11.8 Å². The van der Waals surface area contributed by atoms with Crippen LogP contribution in [0.15, 0.2) is 0 Å². The number of carboxylic acids is 1. The summed E-state index contributed by atoms with van der Waals surface area (Å²) in [5.41, 5.74) is 0. The van der Waals surface area contributed by atoms with Gasteiger partial charge in [-0.25, -0.2) is 4.79 Å². The van der Waals surface area contributed by atoms with Crippen LogP contribution in [-0.4, -0.2) is 39.1 Å². The van der Waals surface area contributed by atoms with E-state index in [1.54, 1.807) is 4.90 Å². The van der Waals surface area contributed by atoms with Gasteiger partial charge in [0, 0.05) is 11.7 Å². The molecule has 2 unspecified atom stereocenters. The summed E-state index contributed by atoms with van der Waals surface area (Å²) in [4.78, 5) is 24.8. The number of carbonyl (C=O) groups excluding carboxylic acids is 1. The van der Waals surface area contributed by atoms with Crippen LogP contribution in [0, 0.1) is 5.92 Å². The predicted octanol–water partition coefficient (Wildman–Crippen LogP) is 1.80. The Kier molecular flexibility index (Phi) is 4.65. The highest BCUT2D eigenvalue weighted by molar-refractivity contribution is 8.00. The van der Waals surface area contributed by atoms with E-state index < -0.39 is 12.0 Å². The second-order valence-electron chi connectivity index (χ2n) is 4.05. The third-order valence-electron chi connectivity index (χ3n) is 3.10. The Morgan fingerprint density at radius 2 is 2.00 bits per heavy atom. The Morgan fingerprint density at radius 3 is 2.44 bits per heavy atom. The molecule has 1 aliphatic heterocycles. The fourth-order valence-corrected chi connectivity index (χ4v) is 3.19. The van der Waals surface area contributed by atoms with Gasteiger partial charge in [-0.1, -0.05) is 13.8 Å². The molecule has 1 amide bonds. The first-order valence-corrected chi connectivity index (χ1v) is 6.74. The van der Waals surface area contributed by atoms with Gasteiger partial charge in [0.25, 0.3) is 0 Å². The van der Waals surface area contributed by atoms with Gasteiger partial charge < -0.3 is 10.0 Å². The Hall–Kier alpha value is -0.710. The van der Waals surface area contributed by atoms with Crippen LogP contribution in [0.3, 0.4) is 0 Å². The van der Waals surface area contributed by atoms with Crippen LogP contribution in [0.25, 0.3) is 0 Å². The van der Waals surface area contributed by atoms with Gasteiger partial charge in [0.2, 0.25) is 5.91 Å². The van der Waals surface area contributed by atoms with Crippen molar-refractivity contribution in [2.45, 2.75) is 45.0 Å². The molecule has 1 rings (SSSR count). The summed E-state index contributed by atoms with van der Waals surface area (Å²) in [5.74, 6) is -0.434. The van der Waals surface area contributed by atoms with Crippen LogP contribution in [0.2, 0.25) is 0 Å². The van der Waals surface area contributed by atoms with Crippen molar-refractivity contribution >= 4 is 23.6 Å². The number of nitrogens with zero attached hydrogens (tertiary/aromatic N) is 1. The maximum absolute atomic E-state index is 12.2. The second kappa shape index (κ2) is 5.57. The molecular weight excluding hydrogens is 226 g/mol.